The molecule has 0 fully saturated rings. The molecular weight excluding hydrogens is 230 g/mol. The van der Waals surface area contributed by atoms with Gasteiger partial charge in [0.2, 0.25) is 0 Å². The van der Waals surface area contributed by atoms with Crippen molar-refractivity contribution in [2.75, 3.05) is 0 Å². The summed E-state index contributed by atoms with van der Waals surface area (Å²) in [4.78, 5) is 0. The zero-order chi connectivity index (χ0) is 13.2. The molecule has 0 aliphatic rings. The Labute approximate surface area is 108 Å². The van der Waals surface area contributed by atoms with Crippen molar-refractivity contribution in [3.8, 4) is 0 Å². The molecule has 0 radical (unpaired) electrons. The van der Waals surface area contributed by atoms with Crippen LogP contribution in [0.25, 0.3) is 0 Å². The van der Waals surface area contributed by atoms with E-state index in [-0.39, 0.29) is 10.8 Å². The lowest BCUT2D eigenvalue weighted by Crippen LogP contribution is -2.40. The summed E-state index contributed by atoms with van der Waals surface area (Å²) in [5.74, 6) is 0. The lowest BCUT2D eigenvalue weighted by molar-refractivity contribution is 0.531. The Morgan fingerprint density at radius 3 is 2.35 bits per heavy atom. The molecule has 17 heavy (non-hydrogen) atoms. The highest BCUT2D eigenvalue weighted by Gasteiger charge is 2.28. The number of benzene rings is 1. The first-order valence-corrected chi connectivity index (χ1v) is 7.12. The van der Waals surface area contributed by atoms with Gasteiger partial charge in [0, 0.05) is 11.4 Å². The zero-order valence-electron chi connectivity index (χ0n) is 11.6. The van der Waals surface area contributed by atoms with Gasteiger partial charge in [0.25, 0.3) is 0 Å². The highest BCUT2D eigenvalue weighted by Crippen LogP contribution is 2.23. The van der Waals surface area contributed by atoms with Gasteiger partial charge in [-0.2, -0.15) is 0 Å². The molecule has 2 atom stereocenters. The molecule has 0 saturated heterocycles. The Balaban J connectivity index is 2.84. The predicted octanol–water partition coefficient (Wildman–Crippen LogP) is 3.42. The quantitative estimate of drug-likeness (QED) is 0.838. The summed E-state index contributed by atoms with van der Waals surface area (Å²) in [6.07, 6.45) is 0. The molecule has 2 unspecified atom stereocenters. The monoisotopic (exact) mass is 253 g/mol. The fourth-order valence-corrected chi connectivity index (χ4v) is 2.45. The number of nitrogens with one attached hydrogen (secondary N) is 1. The Hall–Kier alpha value is -0.510. The van der Waals surface area contributed by atoms with E-state index in [1.54, 1.807) is 0 Å². The van der Waals surface area contributed by atoms with Gasteiger partial charge in [-0.25, -0.2) is 0 Å². The van der Waals surface area contributed by atoms with Gasteiger partial charge in [-0.3, -0.25) is 0 Å². The molecule has 0 heterocycles. The first-order chi connectivity index (χ1) is 7.73. The number of rotatable bonds is 3. The van der Waals surface area contributed by atoms with Crippen LogP contribution in [-0.2, 0) is 11.4 Å². The maximum absolute atomic E-state index is 12.0. The van der Waals surface area contributed by atoms with Crippen LogP contribution in [-0.4, -0.2) is 9.30 Å². The van der Waals surface area contributed by atoms with E-state index in [1.165, 1.54) is 16.7 Å². The van der Waals surface area contributed by atoms with Crippen LogP contribution >= 0.6 is 0 Å². The zero-order valence-corrected chi connectivity index (χ0v) is 12.4. The average molecular weight is 253 g/mol. The molecule has 0 amide bonds. The van der Waals surface area contributed by atoms with Gasteiger partial charge in [-0.1, -0.05) is 18.2 Å². The lowest BCUT2D eigenvalue weighted by atomic mass is 9.99. The number of aryl methyl sites for hydroxylation is 1. The largest absolute Gasteiger partial charge is 0.598 e. The molecule has 0 aromatic heterocycles. The molecule has 0 aliphatic carbocycles. The molecule has 0 bridgehead atoms. The van der Waals surface area contributed by atoms with E-state index in [0.717, 1.165) is 0 Å². The summed E-state index contributed by atoms with van der Waals surface area (Å²) in [6.45, 7) is 12.2. The van der Waals surface area contributed by atoms with E-state index in [9.17, 15) is 4.55 Å². The highest BCUT2D eigenvalue weighted by molar-refractivity contribution is 7.90. The summed E-state index contributed by atoms with van der Waals surface area (Å²) in [5, 5.41) is 0. The summed E-state index contributed by atoms with van der Waals surface area (Å²) in [7, 11) is 0. The van der Waals surface area contributed by atoms with Gasteiger partial charge in [0.05, 0.1) is 6.04 Å². The van der Waals surface area contributed by atoms with Gasteiger partial charge >= 0.3 is 0 Å². The molecule has 1 N–H and O–H groups in total. The second kappa shape index (κ2) is 5.42. The van der Waals surface area contributed by atoms with E-state index in [0.29, 0.717) is 0 Å². The van der Waals surface area contributed by atoms with E-state index in [4.69, 9.17) is 0 Å². The fraction of sp³-hybridized carbons (Fsp3) is 0.571. The molecular formula is C14H23NOS. The SMILES string of the molecule is Cc1cccc(C(C)N[S+]([O-])C(C)(C)C)c1C. The second-order valence-corrected chi connectivity index (χ2v) is 7.51. The third-order valence-electron chi connectivity index (χ3n) is 2.95. The van der Waals surface area contributed by atoms with Gasteiger partial charge in [-0.15, -0.1) is 4.72 Å². The van der Waals surface area contributed by atoms with Crippen LogP contribution < -0.4 is 4.72 Å². The van der Waals surface area contributed by atoms with E-state index in [2.05, 4.69) is 43.7 Å². The van der Waals surface area contributed by atoms with Crippen molar-refractivity contribution < 1.29 is 4.55 Å². The van der Waals surface area contributed by atoms with Crippen molar-refractivity contribution in [2.24, 2.45) is 0 Å². The summed E-state index contributed by atoms with van der Waals surface area (Å²) >= 11 is -1.03. The molecule has 0 spiro atoms. The Morgan fingerprint density at radius 1 is 1.24 bits per heavy atom. The summed E-state index contributed by atoms with van der Waals surface area (Å²) in [6, 6.07) is 6.36. The summed E-state index contributed by atoms with van der Waals surface area (Å²) < 4.78 is 15.0. The van der Waals surface area contributed by atoms with Gasteiger partial charge in [-0.05, 0) is 58.2 Å². The lowest BCUT2D eigenvalue weighted by Gasteiger charge is -2.27. The van der Waals surface area contributed by atoms with Gasteiger partial charge in [0.15, 0.2) is 0 Å². The molecule has 96 valence electrons. The first kappa shape index (κ1) is 14.6. The van der Waals surface area contributed by atoms with Crippen molar-refractivity contribution in [2.45, 2.75) is 52.3 Å². The van der Waals surface area contributed by atoms with E-state index < -0.39 is 11.4 Å². The molecule has 3 heteroatoms. The Kier molecular flexibility index (Phi) is 4.64. The number of hydrogen-bond acceptors (Lipinski definition) is 2. The van der Waals surface area contributed by atoms with Crippen LogP contribution in [0.2, 0.25) is 0 Å². The van der Waals surface area contributed by atoms with Crippen LogP contribution in [0.4, 0.5) is 0 Å². The maximum Gasteiger partial charge on any atom is 0.136 e. The Bertz CT molecular complexity index is 384. The average Bonchev–Trinajstić information content (AvgIpc) is 2.20. The normalized spacial score (nSPS) is 15.7. The van der Waals surface area contributed by atoms with Gasteiger partial charge < -0.3 is 4.55 Å². The van der Waals surface area contributed by atoms with Crippen LogP contribution in [0.5, 0.6) is 0 Å². The second-order valence-electron chi connectivity index (χ2n) is 5.51. The van der Waals surface area contributed by atoms with Crippen molar-refractivity contribution >= 4 is 11.4 Å². The minimum absolute atomic E-state index is 0.106. The van der Waals surface area contributed by atoms with Crippen molar-refractivity contribution in [3.63, 3.8) is 0 Å². The van der Waals surface area contributed by atoms with Gasteiger partial charge in [0.1, 0.15) is 4.75 Å². The minimum Gasteiger partial charge on any atom is -0.598 e. The third kappa shape index (κ3) is 3.73. The maximum atomic E-state index is 12.0. The van der Waals surface area contributed by atoms with Crippen LogP contribution in [0.3, 0.4) is 0 Å². The predicted molar refractivity (Wildman–Crippen MR) is 75.4 cm³/mol. The topological polar surface area (TPSA) is 35.1 Å². The molecule has 1 aromatic carbocycles. The highest BCUT2D eigenvalue weighted by atomic mass is 32.2. The third-order valence-corrected chi connectivity index (χ3v) is 4.63. The standard InChI is InChI=1S/C14H23NOS/c1-10-8-7-9-13(11(10)2)12(3)15-17(16)14(4,5)6/h7-9,12,15H,1-6H3. The summed E-state index contributed by atoms with van der Waals surface area (Å²) in [5.41, 5.74) is 3.78. The van der Waals surface area contributed by atoms with Crippen molar-refractivity contribution in [1.82, 2.24) is 4.72 Å². The Morgan fingerprint density at radius 2 is 1.82 bits per heavy atom. The first-order valence-electron chi connectivity index (χ1n) is 5.97. The number of hydrogen-bond donors (Lipinski definition) is 1. The molecule has 2 nitrogen and oxygen atoms in total. The van der Waals surface area contributed by atoms with Crippen molar-refractivity contribution in [1.29, 1.82) is 0 Å². The molecule has 1 aromatic rings. The van der Waals surface area contributed by atoms with E-state index in [1.807, 2.05) is 20.8 Å². The van der Waals surface area contributed by atoms with Crippen LogP contribution in [0.1, 0.15) is 50.4 Å². The van der Waals surface area contributed by atoms with Crippen LogP contribution in [0.15, 0.2) is 18.2 Å². The van der Waals surface area contributed by atoms with E-state index >= 15 is 0 Å². The molecule has 1 rings (SSSR count). The smallest absolute Gasteiger partial charge is 0.136 e. The molecule has 0 saturated carbocycles. The molecule has 0 aliphatic heterocycles. The fourth-order valence-electron chi connectivity index (χ4n) is 1.64. The minimum atomic E-state index is -1.03. The van der Waals surface area contributed by atoms with Crippen molar-refractivity contribution in [3.05, 3.63) is 34.9 Å². The van der Waals surface area contributed by atoms with Crippen LogP contribution in [0, 0.1) is 13.8 Å².